The Bertz CT molecular complexity index is 668. The highest BCUT2D eigenvalue weighted by Crippen LogP contribution is 2.18. The lowest BCUT2D eigenvalue weighted by Gasteiger charge is -2.10. The van der Waals surface area contributed by atoms with Crippen LogP contribution in [0.15, 0.2) is 30.5 Å². The van der Waals surface area contributed by atoms with Crippen molar-refractivity contribution in [2.24, 2.45) is 7.05 Å². The summed E-state index contributed by atoms with van der Waals surface area (Å²) in [6, 6.07) is 6.86. The van der Waals surface area contributed by atoms with Crippen LogP contribution in [-0.4, -0.2) is 22.9 Å². The van der Waals surface area contributed by atoms with Gasteiger partial charge in [0.15, 0.2) is 0 Å². The number of terminal acetylenes is 1. The van der Waals surface area contributed by atoms with Crippen molar-refractivity contribution in [1.29, 1.82) is 0 Å². The zero-order valence-corrected chi connectivity index (χ0v) is 11.3. The van der Waals surface area contributed by atoms with Crippen molar-refractivity contribution < 1.29 is 14.3 Å². The quantitative estimate of drug-likeness (QED) is 0.627. The predicted molar refractivity (Wildman–Crippen MR) is 73.3 cm³/mol. The van der Waals surface area contributed by atoms with Crippen LogP contribution in [0.2, 0.25) is 0 Å². The second kappa shape index (κ2) is 5.93. The van der Waals surface area contributed by atoms with E-state index in [0.717, 1.165) is 0 Å². The molecule has 0 amide bonds. The van der Waals surface area contributed by atoms with Crippen LogP contribution >= 0.6 is 0 Å². The molecule has 102 valence electrons. The van der Waals surface area contributed by atoms with Crippen molar-refractivity contribution >= 4 is 5.97 Å². The first-order valence-corrected chi connectivity index (χ1v) is 5.95. The lowest BCUT2D eigenvalue weighted by atomic mass is 10.0. The molecule has 5 nitrogen and oxygen atoms in total. The maximum absolute atomic E-state index is 11.8. The van der Waals surface area contributed by atoms with Gasteiger partial charge in [-0.2, -0.15) is 0 Å². The first-order chi connectivity index (χ1) is 9.65. The van der Waals surface area contributed by atoms with Crippen LogP contribution in [0.25, 0.3) is 0 Å². The monoisotopic (exact) mass is 270 g/mol. The van der Waals surface area contributed by atoms with Crippen LogP contribution in [0.4, 0.5) is 0 Å². The Morgan fingerprint density at radius 2 is 2.25 bits per heavy atom. The molecule has 0 spiro atoms. The number of aryl methyl sites for hydroxylation is 1. The summed E-state index contributed by atoms with van der Waals surface area (Å²) >= 11 is 0. The number of aromatic nitrogens is 2. The summed E-state index contributed by atoms with van der Waals surface area (Å²) in [5.41, 5.74) is 1.62. The molecule has 1 aromatic heterocycles. The van der Waals surface area contributed by atoms with Gasteiger partial charge in [0.2, 0.25) is 5.88 Å². The zero-order chi connectivity index (χ0) is 14.5. The number of nitrogens with zero attached hydrogens (tertiary/aromatic N) is 2. The summed E-state index contributed by atoms with van der Waals surface area (Å²) in [6.07, 6.45) is 7.22. The first kappa shape index (κ1) is 13.7. The van der Waals surface area contributed by atoms with E-state index in [9.17, 15) is 4.79 Å². The standard InChI is InChI=1S/C15H14N2O3/c1-4-11-6-5-7-12(15(18)19-3)13(11)10-20-14-8-9-17(2)16-14/h1,5-9H,10H2,2-3H3. The van der Waals surface area contributed by atoms with Gasteiger partial charge in [-0.25, -0.2) is 4.79 Å². The van der Waals surface area contributed by atoms with Gasteiger partial charge in [0.05, 0.1) is 12.7 Å². The van der Waals surface area contributed by atoms with E-state index in [1.54, 1.807) is 42.2 Å². The van der Waals surface area contributed by atoms with Crippen molar-refractivity contribution in [3.63, 3.8) is 0 Å². The van der Waals surface area contributed by atoms with Crippen molar-refractivity contribution in [2.75, 3.05) is 7.11 Å². The molecule has 2 aromatic rings. The topological polar surface area (TPSA) is 53.4 Å². The second-order valence-corrected chi connectivity index (χ2v) is 4.08. The summed E-state index contributed by atoms with van der Waals surface area (Å²) in [6.45, 7) is 0.155. The highest BCUT2D eigenvalue weighted by Gasteiger charge is 2.15. The largest absolute Gasteiger partial charge is 0.472 e. The third-order valence-corrected chi connectivity index (χ3v) is 2.79. The Hall–Kier alpha value is -2.74. The minimum atomic E-state index is -0.443. The Morgan fingerprint density at radius 1 is 1.45 bits per heavy atom. The maximum Gasteiger partial charge on any atom is 0.338 e. The number of hydrogen-bond acceptors (Lipinski definition) is 4. The molecule has 0 atom stereocenters. The minimum Gasteiger partial charge on any atom is -0.472 e. The predicted octanol–water partition coefficient (Wildman–Crippen LogP) is 1.77. The Morgan fingerprint density at radius 3 is 2.85 bits per heavy atom. The van der Waals surface area contributed by atoms with Gasteiger partial charge in [0, 0.05) is 30.4 Å². The molecular weight excluding hydrogens is 256 g/mol. The highest BCUT2D eigenvalue weighted by molar-refractivity contribution is 5.91. The van der Waals surface area contributed by atoms with Crippen molar-refractivity contribution in [1.82, 2.24) is 9.78 Å². The number of esters is 1. The van der Waals surface area contributed by atoms with Crippen molar-refractivity contribution in [3.8, 4) is 18.2 Å². The fraction of sp³-hybridized carbons (Fsp3) is 0.200. The third kappa shape index (κ3) is 2.81. The number of methoxy groups -OCH3 is 1. The zero-order valence-electron chi connectivity index (χ0n) is 11.3. The van der Waals surface area contributed by atoms with Gasteiger partial charge >= 0.3 is 5.97 Å². The molecule has 0 radical (unpaired) electrons. The van der Waals surface area contributed by atoms with Crippen LogP contribution in [0.1, 0.15) is 21.5 Å². The van der Waals surface area contributed by atoms with Gasteiger partial charge in [-0.1, -0.05) is 12.0 Å². The van der Waals surface area contributed by atoms with Gasteiger partial charge in [0.25, 0.3) is 0 Å². The summed E-state index contributed by atoms with van der Waals surface area (Å²) in [7, 11) is 3.12. The SMILES string of the molecule is C#Cc1cccc(C(=O)OC)c1COc1ccn(C)n1. The molecule has 0 saturated heterocycles. The summed E-state index contributed by atoms with van der Waals surface area (Å²) in [4.78, 5) is 11.8. The lowest BCUT2D eigenvalue weighted by Crippen LogP contribution is -2.10. The minimum absolute atomic E-state index is 0.155. The molecule has 0 bridgehead atoms. The van der Waals surface area contributed by atoms with Gasteiger partial charge in [-0.05, 0) is 12.1 Å². The van der Waals surface area contributed by atoms with Crippen molar-refractivity contribution in [2.45, 2.75) is 6.61 Å². The molecular formula is C15H14N2O3. The van der Waals surface area contributed by atoms with Gasteiger partial charge in [0.1, 0.15) is 6.61 Å². The molecule has 0 aliphatic carbocycles. The fourth-order valence-electron chi connectivity index (χ4n) is 1.80. The fourth-order valence-corrected chi connectivity index (χ4v) is 1.80. The smallest absolute Gasteiger partial charge is 0.338 e. The van der Waals surface area contributed by atoms with Crippen LogP contribution < -0.4 is 4.74 Å². The molecule has 1 aromatic carbocycles. The highest BCUT2D eigenvalue weighted by atomic mass is 16.5. The molecule has 2 rings (SSSR count). The molecule has 0 aliphatic rings. The summed E-state index contributed by atoms with van der Waals surface area (Å²) in [5.74, 6) is 2.57. The lowest BCUT2D eigenvalue weighted by molar-refractivity contribution is 0.0597. The first-order valence-electron chi connectivity index (χ1n) is 5.95. The molecule has 0 fully saturated rings. The number of benzene rings is 1. The molecule has 0 aliphatic heterocycles. The number of rotatable bonds is 4. The Kier molecular flexibility index (Phi) is 4.06. The summed E-state index contributed by atoms with van der Waals surface area (Å²) < 4.78 is 11.9. The number of hydrogen-bond donors (Lipinski definition) is 0. The number of carbonyl (C=O) groups is 1. The van der Waals surface area contributed by atoms with Gasteiger partial charge < -0.3 is 9.47 Å². The van der Waals surface area contributed by atoms with Gasteiger partial charge in [-0.3, -0.25) is 4.68 Å². The van der Waals surface area contributed by atoms with E-state index in [0.29, 0.717) is 22.6 Å². The molecule has 0 unspecified atom stereocenters. The average molecular weight is 270 g/mol. The van der Waals surface area contributed by atoms with E-state index >= 15 is 0 Å². The molecule has 0 N–H and O–H groups in total. The summed E-state index contributed by atoms with van der Waals surface area (Å²) in [5, 5.41) is 4.10. The van der Waals surface area contributed by atoms with Crippen LogP contribution in [0.3, 0.4) is 0 Å². The Balaban J connectivity index is 2.29. The van der Waals surface area contributed by atoms with Gasteiger partial charge in [-0.15, -0.1) is 11.5 Å². The number of ether oxygens (including phenoxy) is 2. The average Bonchev–Trinajstić information content (AvgIpc) is 2.89. The molecule has 1 heterocycles. The second-order valence-electron chi connectivity index (χ2n) is 4.08. The third-order valence-electron chi connectivity index (χ3n) is 2.79. The van der Waals surface area contributed by atoms with E-state index in [1.807, 2.05) is 0 Å². The normalized spacial score (nSPS) is 9.85. The van der Waals surface area contributed by atoms with Crippen LogP contribution in [-0.2, 0) is 18.4 Å². The maximum atomic E-state index is 11.8. The molecule has 0 saturated carbocycles. The van der Waals surface area contributed by atoms with E-state index in [4.69, 9.17) is 15.9 Å². The van der Waals surface area contributed by atoms with E-state index in [-0.39, 0.29) is 6.61 Å². The van der Waals surface area contributed by atoms with E-state index < -0.39 is 5.97 Å². The molecule has 5 heteroatoms. The van der Waals surface area contributed by atoms with Crippen LogP contribution in [0.5, 0.6) is 5.88 Å². The molecule has 20 heavy (non-hydrogen) atoms. The van der Waals surface area contributed by atoms with Crippen LogP contribution in [0, 0.1) is 12.3 Å². The van der Waals surface area contributed by atoms with Crippen molar-refractivity contribution in [3.05, 3.63) is 47.2 Å². The van der Waals surface area contributed by atoms with E-state index in [1.165, 1.54) is 7.11 Å². The number of carbonyl (C=O) groups excluding carboxylic acids is 1. The Labute approximate surface area is 117 Å². The van der Waals surface area contributed by atoms with E-state index in [2.05, 4.69) is 11.0 Å².